The van der Waals surface area contributed by atoms with E-state index in [4.69, 9.17) is 14.5 Å². The zero-order chi connectivity index (χ0) is 16.8. The number of halogens is 1. The Bertz CT molecular complexity index is 697. The number of thioether (sulfide) groups is 1. The molecule has 0 bridgehead atoms. The Balaban J connectivity index is 1.98. The van der Waals surface area contributed by atoms with Crippen LogP contribution >= 0.6 is 11.8 Å². The molecule has 0 saturated carbocycles. The van der Waals surface area contributed by atoms with Gasteiger partial charge in [0.2, 0.25) is 5.89 Å². The van der Waals surface area contributed by atoms with Crippen LogP contribution in [-0.4, -0.2) is 16.7 Å². The van der Waals surface area contributed by atoms with Gasteiger partial charge in [0, 0.05) is 11.5 Å². The van der Waals surface area contributed by atoms with E-state index in [0.29, 0.717) is 34.9 Å². The van der Waals surface area contributed by atoms with E-state index in [1.165, 1.54) is 17.8 Å². The highest BCUT2D eigenvalue weighted by atomic mass is 32.2. The molecule has 0 aliphatic rings. The molecule has 0 N–H and O–H groups in total. The third-order valence-corrected chi connectivity index (χ3v) is 4.01. The van der Waals surface area contributed by atoms with E-state index in [1.807, 2.05) is 13.0 Å². The summed E-state index contributed by atoms with van der Waals surface area (Å²) in [7, 11) is 0. The zero-order valence-corrected chi connectivity index (χ0v) is 14.1. The first-order valence-electron chi connectivity index (χ1n) is 7.26. The number of hydrogen-bond donors (Lipinski definition) is 0. The molecule has 122 valence electrons. The molecule has 0 spiro atoms. The Hall–Kier alpha value is -1.91. The number of benzene rings is 1. The topological polar surface area (TPSA) is 71.9 Å². The third kappa shape index (κ3) is 4.78. The Morgan fingerprint density at radius 2 is 2.17 bits per heavy atom. The van der Waals surface area contributed by atoms with Crippen molar-refractivity contribution in [3.8, 4) is 6.07 Å². The van der Waals surface area contributed by atoms with Crippen LogP contribution in [0.25, 0.3) is 0 Å². The second-order valence-corrected chi connectivity index (χ2v) is 6.45. The molecule has 0 amide bonds. The third-order valence-electron chi connectivity index (χ3n) is 2.97. The van der Waals surface area contributed by atoms with Gasteiger partial charge in [0.15, 0.2) is 5.82 Å². The Morgan fingerprint density at radius 3 is 2.87 bits per heavy atom. The van der Waals surface area contributed by atoms with Gasteiger partial charge in [-0.25, -0.2) is 4.39 Å². The van der Waals surface area contributed by atoms with Crippen molar-refractivity contribution in [2.45, 2.75) is 37.5 Å². The van der Waals surface area contributed by atoms with Gasteiger partial charge in [0.1, 0.15) is 23.6 Å². The lowest BCUT2D eigenvalue weighted by Crippen LogP contribution is -2.07. The summed E-state index contributed by atoms with van der Waals surface area (Å²) in [5.41, 5.74) is 0.0332. The summed E-state index contributed by atoms with van der Waals surface area (Å²) in [6, 6.07) is 6.39. The van der Waals surface area contributed by atoms with Crippen molar-refractivity contribution in [3.05, 3.63) is 41.3 Å². The smallest absolute Gasteiger partial charge is 0.237 e. The first kappa shape index (κ1) is 17.4. The van der Waals surface area contributed by atoms with Gasteiger partial charge in [0.05, 0.1) is 5.75 Å². The van der Waals surface area contributed by atoms with Crippen molar-refractivity contribution in [1.29, 1.82) is 5.26 Å². The molecule has 0 aliphatic heterocycles. The molecule has 1 atom stereocenters. The maximum absolute atomic E-state index is 13.5. The first-order chi connectivity index (χ1) is 11.0. The molecule has 7 heteroatoms. The van der Waals surface area contributed by atoms with Crippen molar-refractivity contribution in [3.63, 3.8) is 0 Å². The van der Waals surface area contributed by atoms with Crippen molar-refractivity contribution in [2.24, 2.45) is 5.92 Å². The highest BCUT2D eigenvalue weighted by Crippen LogP contribution is 2.27. The molecular formula is C16H18FN3O2S. The van der Waals surface area contributed by atoms with Crippen LogP contribution in [0.2, 0.25) is 0 Å². The number of nitrogens with zero attached hydrogens (tertiary/aromatic N) is 3. The number of ether oxygens (including phenoxy) is 1. The molecule has 0 unspecified atom stereocenters. The summed E-state index contributed by atoms with van der Waals surface area (Å²) < 4.78 is 24.3. The van der Waals surface area contributed by atoms with E-state index in [0.717, 1.165) is 0 Å². The van der Waals surface area contributed by atoms with E-state index in [-0.39, 0.29) is 11.7 Å². The summed E-state index contributed by atoms with van der Waals surface area (Å²) >= 11 is 1.28. The highest BCUT2D eigenvalue weighted by Gasteiger charge is 2.16. The predicted molar refractivity (Wildman–Crippen MR) is 84.2 cm³/mol. The van der Waals surface area contributed by atoms with Crippen LogP contribution in [0.1, 0.15) is 44.2 Å². The number of nitriles is 1. The summed E-state index contributed by atoms with van der Waals surface area (Å²) in [4.78, 5) is 4.83. The predicted octanol–water partition coefficient (Wildman–Crippen LogP) is 4.11. The van der Waals surface area contributed by atoms with Gasteiger partial charge in [-0.05, 0) is 25.0 Å². The maximum Gasteiger partial charge on any atom is 0.237 e. The van der Waals surface area contributed by atoms with Crippen molar-refractivity contribution < 1.29 is 13.7 Å². The first-order valence-corrected chi connectivity index (χ1v) is 8.25. The standard InChI is InChI=1S/C16H18FN3O2S/c1-10(2)8-21-11(3)16-19-15(22-20-16)9-23-14-6-4-5-13(17)12(14)7-18/h4-6,10-11H,8-9H2,1-3H3/t11-/m0/s1. The van der Waals surface area contributed by atoms with Crippen LogP contribution in [0, 0.1) is 23.1 Å². The number of hydrogen-bond acceptors (Lipinski definition) is 6. The van der Waals surface area contributed by atoms with E-state index in [1.54, 1.807) is 12.1 Å². The fraction of sp³-hybridized carbons (Fsp3) is 0.438. The van der Waals surface area contributed by atoms with Crippen molar-refractivity contribution in [1.82, 2.24) is 10.1 Å². The molecule has 2 rings (SSSR count). The quantitative estimate of drug-likeness (QED) is 0.709. The normalized spacial score (nSPS) is 12.3. The van der Waals surface area contributed by atoms with Gasteiger partial charge in [-0.1, -0.05) is 25.1 Å². The summed E-state index contributed by atoms with van der Waals surface area (Å²) in [6.07, 6.45) is -0.247. The summed E-state index contributed by atoms with van der Waals surface area (Å²) in [5.74, 6) is 1.16. The Morgan fingerprint density at radius 1 is 1.39 bits per heavy atom. The number of aromatic nitrogens is 2. The van der Waals surface area contributed by atoms with Gasteiger partial charge < -0.3 is 9.26 Å². The molecule has 2 aromatic rings. The van der Waals surface area contributed by atoms with Crippen LogP contribution in [0.4, 0.5) is 4.39 Å². The average molecular weight is 335 g/mol. The van der Waals surface area contributed by atoms with Crippen LogP contribution in [0.5, 0.6) is 0 Å². The van der Waals surface area contributed by atoms with E-state index in [2.05, 4.69) is 24.0 Å². The van der Waals surface area contributed by atoms with E-state index < -0.39 is 5.82 Å². The van der Waals surface area contributed by atoms with E-state index in [9.17, 15) is 4.39 Å². The SMILES string of the molecule is CC(C)CO[C@@H](C)c1noc(CSc2cccc(F)c2C#N)n1. The monoisotopic (exact) mass is 335 g/mol. The maximum atomic E-state index is 13.5. The van der Waals surface area contributed by atoms with Crippen molar-refractivity contribution >= 4 is 11.8 Å². The lowest BCUT2D eigenvalue weighted by atomic mass is 10.2. The largest absolute Gasteiger partial charge is 0.370 e. The van der Waals surface area contributed by atoms with Gasteiger partial charge in [0.25, 0.3) is 0 Å². The molecule has 0 aliphatic carbocycles. The molecule has 1 aromatic carbocycles. The highest BCUT2D eigenvalue weighted by molar-refractivity contribution is 7.98. The van der Waals surface area contributed by atoms with Gasteiger partial charge in [-0.15, -0.1) is 11.8 Å². The van der Waals surface area contributed by atoms with Crippen molar-refractivity contribution in [2.75, 3.05) is 6.61 Å². The molecule has 1 heterocycles. The summed E-state index contributed by atoms with van der Waals surface area (Å²) in [5, 5.41) is 12.9. The van der Waals surface area contributed by atoms with Crippen LogP contribution in [-0.2, 0) is 10.5 Å². The molecule has 0 fully saturated rings. The van der Waals surface area contributed by atoms with Crippen LogP contribution < -0.4 is 0 Å². The van der Waals surface area contributed by atoms with E-state index >= 15 is 0 Å². The minimum absolute atomic E-state index is 0.0332. The van der Waals surface area contributed by atoms with Gasteiger partial charge in [-0.2, -0.15) is 10.2 Å². The zero-order valence-electron chi connectivity index (χ0n) is 13.2. The fourth-order valence-electron chi connectivity index (χ4n) is 1.78. The second kappa shape index (κ2) is 8.09. The number of rotatable bonds is 7. The Kier molecular flexibility index (Phi) is 6.13. The summed E-state index contributed by atoms with van der Waals surface area (Å²) in [6.45, 7) is 6.62. The lowest BCUT2D eigenvalue weighted by molar-refractivity contribution is 0.0402. The fourth-order valence-corrected chi connectivity index (χ4v) is 2.63. The average Bonchev–Trinajstić information content (AvgIpc) is 2.99. The molecule has 23 heavy (non-hydrogen) atoms. The minimum atomic E-state index is -0.528. The second-order valence-electron chi connectivity index (χ2n) is 5.43. The van der Waals surface area contributed by atoms with Crippen LogP contribution in [0.3, 0.4) is 0 Å². The minimum Gasteiger partial charge on any atom is -0.370 e. The van der Waals surface area contributed by atoms with Crippen LogP contribution in [0.15, 0.2) is 27.6 Å². The molecule has 0 saturated heterocycles. The molecule has 1 aromatic heterocycles. The molecule has 5 nitrogen and oxygen atoms in total. The van der Waals surface area contributed by atoms with Gasteiger partial charge in [-0.3, -0.25) is 0 Å². The molecular weight excluding hydrogens is 317 g/mol. The molecule has 0 radical (unpaired) electrons. The van der Waals surface area contributed by atoms with Gasteiger partial charge >= 0.3 is 0 Å². The lowest BCUT2D eigenvalue weighted by Gasteiger charge is -2.10. The Labute approximate surface area is 138 Å².